The summed E-state index contributed by atoms with van der Waals surface area (Å²) in [6, 6.07) is 11.1. The Bertz CT molecular complexity index is 586. The number of nitrogens with zero attached hydrogens (tertiary/aromatic N) is 2. The van der Waals surface area contributed by atoms with Crippen molar-refractivity contribution >= 4 is 33.4 Å². The van der Waals surface area contributed by atoms with Crippen molar-refractivity contribution in [1.29, 1.82) is 0 Å². The molecule has 1 heterocycles. The van der Waals surface area contributed by atoms with Gasteiger partial charge in [-0.15, -0.1) is 0 Å². The molecule has 0 spiro atoms. The molecule has 0 aliphatic carbocycles. The van der Waals surface area contributed by atoms with Crippen molar-refractivity contribution in [3.8, 4) is 0 Å². The Hall–Kier alpha value is -1.39. The van der Waals surface area contributed by atoms with E-state index in [9.17, 15) is 4.79 Å². The van der Waals surface area contributed by atoms with E-state index in [-0.39, 0.29) is 5.91 Å². The number of halogens is 2. The smallest absolute Gasteiger partial charge is 0.254 e. The molecule has 1 aromatic carbocycles. The number of amides is 1. The first-order valence-corrected chi connectivity index (χ1v) is 6.85. The first-order chi connectivity index (χ1) is 9.06. The minimum Gasteiger partial charge on any atom is -0.337 e. The lowest BCUT2D eigenvalue weighted by molar-refractivity contribution is 0.0785. The second kappa shape index (κ2) is 6.17. The molecule has 0 aliphatic rings. The summed E-state index contributed by atoms with van der Waals surface area (Å²) >= 11 is 9.17. The molecule has 0 aliphatic heterocycles. The number of hydrogen-bond donors (Lipinski definition) is 0. The standard InChI is InChI=1S/C14H12BrClN2O/c1-18(9-10-2-4-12(15)5-3-10)14(19)11-6-7-17-13(16)8-11/h2-8H,9H2,1H3. The van der Waals surface area contributed by atoms with Crippen LogP contribution in [-0.4, -0.2) is 22.8 Å². The van der Waals surface area contributed by atoms with Crippen molar-refractivity contribution in [2.24, 2.45) is 0 Å². The average Bonchev–Trinajstić information content (AvgIpc) is 2.40. The Kier molecular flexibility index (Phi) is 4.56. The summed E-state index contributed by atoms with van der Waals surface area (Å²) in [6.07, 6.45) is 1.53. The Morgan fingerprint density at radius 3 is 2.63 bits per heavy atom. The summed E-state index contributed by atoms with van der Waals surface area (Å²) < 4.78 is 1.02. The predicted molar refractivity (Wildman–Crippen MR) is 79.2 cm³/mol. The van der Waals surface area contributed by atoms with Gasteiger partial charge in [0, 0.05) is 29.8 Å². The normalized spacial score (nSPS) is 10.3. The molecule has 2 aromatic rings. The molecule has 5 heteroatoms. The fraction of sp³-hybridized carbons (Fsp3) is 0.143. The molecule has 98 valence electrons. The fourth-order valence-electron chi connectivity index (χ4n) is 1.69. The van der Waals surface area contributed by atoms with Crippen LogP contribution in [0.15, 0.2) is 47.1 Å². The second-order valence-corrected chi connectivity index (χ2v) is 5.46. The van der Waals surface area contributed by atoms with Gasteiger partial charge in [0.2, 0.25) is 0 Å². The molecule has 0 unspecified atom stereocenters. The van der Waals surface area contributed by atoms with Crippen molar-refractivity contribution in [3.05, 3.63) is 63.3 Å². The van der Waals surface area contributed by atoms with Gasteiger partial charge in [0.05, 0.1) is 0 Å². The van der Waals surface area contributed by atoms with E-state index in [1.807, 2.05) is 24.3 Å². The zero-order chi connectivity index (χ0) is 13.8. The average molecular weight is 340 g/mol. The van der Waals surface area contributed by atoms with Gasteiger partial charge < -0.3 is 4.90 Å². The molecular weight excluding hydrogens is 328 g/mol. The van der Waals surface area contributed by atoms with Gasteiger partial charge in [-0.3, -0.25) is 4.79 Å². The molecular formula is C14H12BrClN2O. The second-order valence-electron chi connectivity index (χ2n) is 4.15. The number of carbonyl (C=O) groups excluding carboxylic acids is 1. The highest BCUT2D eigenvalue weighted by atomic mass is 79.9. The van der Waals surface area contributed by atoms with Crippen molar-refractivity contribution in [2.45, 2.75) is 6.54 Å². The lowest BCUT2D eigenvalue weighted by Crippen LogP contribution is -2.26. The largest absolute Gasteiger partial charge is 0.337 e. The number of hydrogen-bond acceptors (Lipinski definition) is 2. The first-order valence-electron chi connectivity index (χ1n) is 5.68. The van der Waals surface area contributed by atoms with Crippen molar-refractivity contribution in [2.75, 3.05) is 7.05 Å². The molecule has 1 amide bonds. The molecule has 0 saturated carbocycles. The SMILES string of the molecule is CN(Cc1ccc(Br)cc1)C(=O)c1ccnc(Cl)c1. The van der Waals surface area contributed by atoms with E-state index in [4.69, 9.17) is 11.6 Å². The summed E-state index contributed by atoms with van der Waals surface area (Å²) in [5.74, 6) is -0.0766. The van der Waals surface area contributed by atoms with Gasteiger partial charge in [-0.25, -0.2) is 4.98 Å². The van der Waals surface area contributed by atoms with E-state index in [0.717, 1.165) is 10.0 Å². The summed E-state index contributed by atoms with van der Waals surface area (Å²) in [5.41, 5.74) is 1.61. The third kappa shape index (κ3) is 3.78. The first kappa shape index (κ1) is 14.0. The Labute approximate surface area is 125 Å². The van der Waals surface area contributed by atoms with Crippen LogP contribution in [0.3, 0.4) is 0 Å². The molecule has 0 atom stereocenters. The van der Waals surface area contributed by atoms with Gasteiger partial charge in [0.25, 0.3) is 5.91 Å². The molecule has 0 N–H and O–H groups in total. The molecule has 1 aromatic heterocycles. The van der Waals surface area contributed by atoms with Gasteiger partial charge in [0.1, 0.15) is 5.15 Å². The van der Waals surface area contributed by atoms with Gasteiger partial charge in [0.15, 0.2) is 0 Å². The molecule has 3 nitrogen and oxygen atoms in total. The fourth-order valence-corrected chi connectivity index (χ4v) is 2.13. The highest BCUT2D eigenvalue weighted by Gasteiger charge is 2.12. The summed E-state index contributed by atoms with van der Waals surface area (Å²) in [6.45, 7) is 0.548. The minimum atomic E-state index is -0.0766. The molecule has 19 heavy (non-hydrogen) atoms. The van der Waals surface area contributed by atoms with Crippen LogP contribution in [0.2, 0.25) is 5.15 Å². The van der Waals surface area contributed by atoms with Gasteiger partial charge in [-0.1, -0.05) is 39.7 Å². The highest BCUT2D eigenvalue weighted by Crippen LogP contribution is 2.14. The van der Waals surface area contributed by atoms with Crippen LogP contribution < -0.4 is 0 Å². The Morgan fingerprint density at radius 1 is 1.32 bits per heavy atom. The maximum absolute atomic E-state index is 12.2. The van der Waals surface area contributed by atoms with Gasteiger partial charge in [-0.05, 0) is 29.8 Å². The molecule has 2 rings (SSSR count). The zero-order valence-electron chi connectivity index (χ0n) is 10.3. The zero-order valence-corrected chi connectivity index (χ0v) is 12.6. The minimum absolute atomic E-state index is 0.0766. The van der Waals surface area contributed by atoms with Crippen LogP contribution in [0, 0.1) is 0 Å². The van der Waals surface area contributed by atoms with Crippen molar-refractivity contribution in [3.63, 3.8) is 0 Å². The van der Waals surface area contributed by atoms with Crippen LogP contribution in [0.4, 0.5) is 0 Å². The summed E-state index contributed by atoms with van der Waals surface area (Å²) in [7, 11) is 1.76. The predicted octanol–water partition coefficient (Wildman–Crippen LogP) is 3.77. The highest BCUT2D eigenvalue weighted by molar-refractivity contribution is 9.10. The lowest BCUT2D eigenvalue weighted by Gasteiger charge is -2.17. The lowest BCUT2D eigenvalue weighted by atomic mass is 10.2. The quantitative estimate of drug-likeness (QED) is 0.798. The van der Waals surface area contributed by atoms with Crippen LogP contribution in [0.1, 0.15) is 15.9 Å². The van der Waals surface area contributed by atoms with Crippen LogP contribution in [0.25, 0.3) is 0 Å². The van der Waals surface area contributed by atoms with E-state index in [1.165, 1.54) is 6.20 Å². The topological polar surface area (TPSA) is 33.2 Å². The van der Waals surface area contributed by atoms with E-state index in [2.05, 4.69) is 20.9 Å². The molecule has 0 saturated heterocycles. The Morgan fingerprint density at radius 2 is 2.00 bits per heavy atom. The third-order valence-electron chi connectivity index (χ3n) is 2.65. The van der Waals surface area contributed by atoms with Crippen molar-refractivity contribution < 1.29 is 4.79 Å². The maximum Gasteiger partial charge on any atom is 0.254 e. The van der Waals surface area contributed by atoms with E-state index in [1.54, 1.807) is 24.1 Å². The van der Waals surface area contributed by atoms with E-state index in [0.29, 0.717) is 17.3 Å². The number of carbonyl (C=O) groups is 1. The third-order valence-corrected chi connectivity index (χ3v) is 3.39. The van der Waals surface area contributed by atoms with E-state index < -0.39 is 0 Å². The Balaban J connectivity index is 2.09. The number of benzene rings is 1. The summed E-state index contributed by atoms with van der Waals surface area (Å²) in [5, 5.41) is 0.322. The molecule has 0 fully saturated rings. The molecule has 0 radical (unpaired) electrons. The van der Waals surface area contributed by atoms with Crippen LogP contribution in [-0.2, 0) is 6.54 Å². The maximum atomic E-state index is 12.2. The number of rotatable bonds is 3. The molecule has 0 bridgehead atoms. The summed E-state index contributed by atoms with van der Waals surface area (Å²) in [4.78, 5) is 17.7. The number of aromatic nitrogens is 1. The van der Waals surface area contributed by atoms with Gasteiger partial charge in [-0.2, -0.15) is 0 Å². The van der Waals surface area contributed by atoms with Crippen molar-refractivity contribution in [1.82, 2.24) is 9.88 Å². The van der Waals surface area contributed by atoms with Crippen LogP contribution in [0.5, 0.6) is 0 Å². The monoisotopic (exact) mass is 338 g/mol. The number of pyridine rings is 1. The van der Waals surface area contributed by atoms with E-state index >= 15 is 0 Å². The van der Waals surface area contributed by atoms with Crippen LogP contribution >= 0.6 is 27.5 Å². The van der Waals surface area contributed by atoms with Gasteiger partial charge >= 0.3 is 0 Å².